The largest absolute Gasteiger partial charge is 0.345 e. The Morgan fingerprint density at radius 1 is 0.381 bits per heavy atom. The fraction of sp³-hybridized carbons (Fsp3) is 0.305. The van der Waals surface area contributed by atoms with Crippen LogP contribution >= 0.6 is 0 Å². The zero-order chi connectivity index (χ0) is 87.6. The number of benzene rings is 15. The monoisotopic (exact) mass is 1710 g/mol. The molecule has 8 heteroatoms. The van der Waals surface area contributed by atoms with Crippen molar-refractivity contribution in [1.29, 1.82) is 0 Å². The van der Waals surface area contributed by atoms with Crippen LogP contribution < -0.4 is 71.5 Å². The van der Waals surface area contributed by atoms with E-state index in [0.717, 1.165) is 48.9 Å². The molecule has 4 fully saturated rings. The number of nitrogens with zero attached hydrogens (tertiary/aromatic N) is 4. The summed E-state index contributed by atoms with van der Waals surface area (Å²) in [6, 6.07) is 111. The highest BCUT2D eigenvalue weighted by Crippen LogP contribution is 2.60. The number of rotatable bonds is 9. The van der Waals surface area contributed by atoms with E-state index in [-0.39, 0.29) is 10.8 Å². The molecule has 1 unspecified atom stereocenters. The number of hydrogen-bond acceptors (Lipinski definition) is 4. The summed E-state index contributed by atoms with van der Waals surface area (Å²) in [5, 5.41) is 26.3. The summed E-state index contributed by atoms with van der Waals surface area (Å²) in [6.45, 7) is 36.6. The minimum absolute atomic E-state index is 0.0406. The number of fused-ring (bicyclic) bond motifs is 18. The molecule has 4 nitrogen and oxygen atoms in total. The summed E-state index contributed by atoms with van der Waals surface area (Å²) < 4.78 is 0. The molecule has 0 N–H and O–H groups in total. The second kappa shape index (κ2) is 31.4. The summed E-state index contributed by atoms with van der Waals surface area (Å²) in [4.78, 5) is 9.80. The summed E-state index contributed by atoms with van der Waals surface area (Å²) >= 11 is 0. The topological polar surface area (TPSA) is 13.0 Å². The van der Waals surface area contributed by atoms with Crippen molar-refractivity contribution in [2.45, 2.75) is 176 Å². The van der Waals surface area contributed by atoms with Crippen LogP contribution in [0.2, 0.25) is 39.3 Å². The summed E-state index contributed by atoms with van der Waals surface area (Å²) in [7, 11) is 0.890. The van der Waals surface area contributed by atoms with Crippen LogP contribution in [-0.4, -0.2) is 60.5 Å². The predicted octanol–water partition coefficient (Wildman–Crippen LogP) is 24.8. The van der Waals surface area contributed by atoms with Crippen molar-refractivity contribution in [1.82, 2.24) is 0 Å². The predicted molar refractivity (Wildman–Crippen MR) is 559 cm³/mol. The van der Waals surface area contributed by atoms with Gasteiger partial charge in [-0.1, -0.05) is 350 Å². The van der Waals surface area contributed by atoms with Gasteiger partial charge in [0.15, 0.2) is 8.07 Å². The molecule has 4 aliphatic heterocycles. The van der Waals surface area contributed by atoms with E-state index in [0.29, 0.717) is 11.8 Å². The lowest BCUT2D eigenvalue weighted by Crippen LogP contribution is -2.77. The molecule has 126 heavy (non-hydrogen) atoms. The van der Waals surface area contributed by atoms with Gasteiger partial charge in [-0.15, -0.1) is 0 Å². The molecular formula is C118H128N4Si4. The first kappa shape index (κ1) is 83.6. The van der Waals surface area contributed by atoms with Crippen LogP contribution in [0.5, 0.6) is 0 Å². The molecule has 4 bridgehead atoms. The van der Waals surface area contributed by atoms with Gasteiger partial charge in [-0.05, 0) is 275 Å². The zero-order valence-electron chi connectivity index (χ0n) is 78.2. The minimum Gasteiger partial charge on any atom is -0.345 e. The first-order chi connectivity index (χ1) is 60.5. The number of anilines is 8. The van der Waals surface area contributed by atoms with Crippen LogP contribution in [0, 0.1) is 29.6 Å². The van der Waals surface area contributed by atoms with Crippen molar-refractivity contribution in [3.8, 4) is 11.1 Å². The van der Waals surface area contributed by atoms with Gasteiger partial charge >= 0.3 is 0 Å². The minimum atomic E-state index is -2.61. The fourth-order valence-corrected chi connectivity index (χ4v) is 40.9. The van der Waals surface area contributed by atoms with Crippen molar-refractivity contribution in [2.24, 2.45) is 29.6 Å². The smallest absolute Gasteiger partial charge is 0.184 e. The Kier molecular flexibility index (Phi) is 20.9. The Labute approximate surface area is 755 Å². The van der Waals surface area contributed by atoms with E-state index in [1.807, 2.05) is 0 Å². The Balaban J connectivity index is 0.000000107. The lowest BCUT2D eigenvalue weighted by atomic mass is 9.51. The van der Waals surface area contributed by atoms with Crippen molar-refractivity contribution in [3.05, 3.63) is 325 Å². The van der Waals surface area contributed by atoms with Gasteiger partial charge in [-0.3, -0.25) is 0 Å². The van der Waals surface area contributed by atoms with Crippen molar-refractivity contribution in [2.75, 3.05) is 47.8 Å². The standard InChI is InChI=1S/C34H39NSi.C33H31NSi.C28H31NSi.C23H27NSi/c1-34(2)27-9-7-6-8-25(27)26-11-13-29-33(32(26)34)36(4,5)30-19-22(10-12-28(30)35(29)3)31-23-15-20-14-21(17-23)18-24(31)16-20;1-4-24(2)26-20-21-30-32(23-26)35(27-14-7-5-8-15-27,28-16-9-6-10-17-28)33-29-18-12-11-13-25(29)19-22-31(33)34(30)3;1-7-28(2,3)23-18-26-27(22-15-11-10-14-21(22)23)29(4)24-16-19-12-8-9-13-20(19)17-25(24)30(26,5)6;1-16(2)12-17-10-11-20-22(13-17)25(4,5)23-15-19-9-7-6-8-18(19)14-21(23)24(20)3/h6-13,19-21,23-24,31H,14-18H2,1-5H3;5-24H,4H2,1-3H3;8-18H,7H2,1-6H3;6-11,13-16H,12H2,1-5H3. The first-order valence-corrected chi connectivity index (χ1v) is 58.5. The molecule has 24 rings (SSSR count). The van der Waals surface area contributed by atoms with Gasteiger partial charge in [0.05, 0.1) is 0 Å². The van der Waals surface area contributed by atoms with Gasteiger partial charge in [0.25, 0.3) is 0 Å². The molecule has 0 saturated heterocycles. The van der Waals surface area contributed by atoms with Gasteiger partial charge in [0, 0.05) is 84.5 Å². The zero-order valence-corrected chi connectivity index (χ0v) is 82.2. The van der Waals surface area contributed by atoms with Crippen molar-refractivity contribution >= 4 is 173 Å². The molecule has 0 aromatic heterocycles. The lowest BCUT2D eigenvalue weighted by Gasteiger charge is -2.55. The van der Waals surface area contributed by atoms with Crippen LogP contribution in [0.25, 0.3) is 54.2 Å². The Morgan fingerprint density at radius 2 is 0.849 bits per heavy atom. The quantitative estimate of drug-likeness (QED) is 0.134. The molecular weight excluding hydrogens is 1590 g/mol. The molecule has 4 saturated carbocycles. The SMILES string of the molecule is CC(C)Cc1ccc2c(c1)[Si](C)(C)c1cc3ccccc3cc1N2C.CCC(C)(C)c1cc2c(c3ccccc13)N(C)c1cc3ccccc3cc1[Si]2(C)C.CCC(C)c1ccc2c(c1)[Si](c1ccccc1)(c1ccccc1)c1c(ccc3ccccc13)N2C.CN1c2ccc(C3C4CC5CC(C4)CC3C5)cc2[Si](C)(C)c2c1ccc1c2C(C)(C)c2ccccc2-1. The second-order valence-corrected chi connectivity index (χ2v) is 58.8. The van der Waals surface area contributed by atoms with Crippen LogP contribution in [0.15, 0.2) is 291 Å². The van der Waals surface area contributed by atoms with E-state index in [2.05, 4.69) is 441 Å². The highest BCUT2D eigenvalue weighted by atomic mass is 28.3. The summed E-state index contributed by atoms with van der Waals surface area (Å²) in [6.07, 6.45) is 11.0. The molecule has 15 aromatic carbocycles. The van der Waals surface area contributed by atoms with Crippen molar-refractivity contribution in [3.63, 3.8) is 0 Å². The molecule has 0 radical (unpaired) electrons. The van der Waals surface area contributed by atoms with E-state index < -0.39 is 32.3 Å². The molecule has 5 aliphatic carbocycles. The second-order valence-electron chi connectivity index (χ2n) is 42.1. The van der Waals surface area contributed by atoms with E-state index in [1.165, 1.54) is 175 Å². The molecule has 4 heterocycles. The molecule has 15 aromatic rings. The fourth-order valence-electron chi connectivity index (χ4n) is 25.6. The van der Waals surface area contributed by atoms with Crippen LogP contribution in [0.1, 0.15) is 152 Å². The Morgan fingerprint density at radius 3 is 1.44 bits per heavy atom. The maximum absolute atomic E-state index is 2.72. The third kappa shape index (κ3) is 13.3. The molecule has 0 spiro atoms. The van der Waals surface area contributed by atoms with Gasteiger partial charge in [-0.25, -0.2) is 0 Å². The van der Waals surface area contributed by atoms with Gasteiger partial charge in [-0.2, -0.15) is 0 Å². The first-order valence-electron chi connectivity index (χ1n) is 47.5. The van der Waals surface area contributed by atoms with Crippen LogP contribution in [0.3, 0.4) is 0 Å². The third-order valence-electron chi connectivity index (χ3n) is 32.6. The summed E-state index contributed by atoms with van der Waals surface area (Å²) in [5.41, 5.74) is 23.5. The molecule has 0 amide bonds. The normalized spacial score (nSPS) is 19.9. The van der Waals surface area contributed by atoms with Gasteiger partial charge in [0.1, 0.15) is 24.2 Å². The van der Waals surface area contributed by atoms with E-state index in [1.54, 1.807) is 42.2 Å². The number of hydrogen-bond donors (Lipinski definition) is 0. The van der Waals surface area contributed by atoms with Crippen LogP contribution in [-0.2, 0) is 17.3 Å². The van der Waals surface area contributed by atoms with Crippen molar-refractivity contribution < 1.29 is 0 Å². The van der Waals surface area contributed by atoms with Crippen LogP contribution in [0.4, 0.5) is 45.5 Å². The highest BCUT2D eigenvalue weighted by Gasteiger charge is 2.53. The van der Waals surface area contributed by atoms with Gasteiger partial charge < -0.3 is 19.6 Å². The average Bonchev–Trinajstić information content (AvgIpc) is 1.03. The Hall–Kier alpha value is -10.6. The average molecular weight is 1710 g/mol. The van der Waals surface area contributed by atoms with E-state index in [4.69, 9.17) is 0 Å². The third-order valence-corrected chi connectivity index (χ3v) is 47.9. The van der Waals surface area contributed by atoms with Gasteiger partial charge in [0.2, 0.25) is 0 Å². The molecule has 1 atom stereocenters. The lowest BCUT2D eigenvalue weighted by molar-refractivity contribution is -0.00275. The maximum Gasteiger partial charge on any atom is 0.184 e. The van der Waals surface area contributed by atoms with E-state index in [9.17, 15) is 0 Å². The Bertz CT molecular complexity index is 6740. The summed E-state index contributed by atoms with van der Waals surface area (Å²) in [5.74, 6) is 5.99. The molecule has 636 valence electrons. The molecule has 9 aliphatic rings. The highest BCUT2D eigenvalue weighted by molar-refractivity contribution is 7.22. The van der Waals surface area contributed by atoms with E-state index >= 15 is 0 Å². The maximum atomic E-state index is 2.72.